The van der Waals surface area contributed by atoms with Crippen LogP contribution >= 0.6 is 31.9 Å². The molecule has 2 rings (SSSR count). The highest BCUT2D eigenvalue weighted by Gasteiger charge is 2.26. The number of anilines is 1. The predicted molar refractivity (Wildman–Crippen MR) is 90.0 cm³/mol. The Morgan fingerprint density at radius 1 is 1.37 bits per heavy atom. The second-order valence-electron chi connectivity index (χ2n) is 5.31. The summed E-state index contributed by atoms with van der Waals surface area (Å²) in [4.78, 5) is 2.51. The van der Waals surface area contributed by atoms with Crippen LogP contribution < -0.4 is 10.2 Å². The molecule has 0 aliphatic carbocycles. The molecule has 1 aromatic carbocycles. The van der Waals surface area contributed by atoms with Crippen LogP contribution in [0.5, 0.6) is 0 Å². The van der Waals surface area contributed by atoms with Crippen LogP contribution in [0.15, 0.2) is 27.1 Å². The number of hydrogen-bond donors (Lipinski definition) is 1. The van der Waals surface area contributed by atoms with Gasteiger partial charge in [0.1, 0.15) is 0 Å². The number of halogens is 2. The topological polar surface area (TPSA) is 15.3 Å². The minimum Gasteiger partial charge on any atom is -0.368 e. The van der Waals surface area contributed by atoms with Gasteiger partial charge in [0.05, 0.1) is 5.69 Å². The number of rotatable bonds is 4. The van der Waals surface area contributed by atoms with Crippen molar-refractivity contribution in [2.45, 2.75) is 45.2 Å². The fourth-order valence-electron chi connectivity index (χ4n) is 2.77. The van der Waals surface area contributed by atoms with E-state index < -0.39 is 0 Å². The summed E-state index contributed by atoms with van der Waals surface area (Å²) in [5.74, 6) is 0. The third-order valence-electron chi connectivity index (χ3n) is 3.78. The van der Waals surface area contributed by atoms with E-state index in [-0.39, 0.29) is 0 Å². The highest BCUT2D eigenvalue weighted by molar-refractivity contribution is 9.11. The summed E-state index contributed by atoms with van der Waals surface area (Å²) in [5.41, 5.74) is 1.30. The molecule has 1 aromatic rings. The zero-order chi connectivity index (χ0) is 13.8. The van der Waals surface area contributed by atoms with Crippen LogP contribution in [0.1, 0.15) is 33.1 Å². The molecule has 0 spiro atoms. The molecule has 4 heteroatoms. The predicted octanol–water partition coefficient (Wildman–Crippen LogP) is 4.57. The van der Waals surface area contributed by atoms with E-state index >= 15 is 0 Å². The molecule has 1 heterocycles. The number of benzene rings is 1. The average molecular weight is 390 g/mol. The largest absolute Gasteiger partial charge is 0.368 e. The van der Waals surface area contributed by atoms with Gasteiger partial charge in [-0.1, -0.05) is 22.9 Å². The number of piperidine rings is 1. The maximum Gasteiger partial charge on any atom is 0.0524 e. The molecular formula is C15H22Br2N2. The molecule has 0 saturated carbocycles. The van der Waals surface area contributed by atoms with Gasteiger partial charge in [-0.2, -0.15) is 0 Å². The van der Waals surface area contributed by atoms with Gasteiger partial charge < -0.3 is 10.2 Å². The van der Waals surface area contributed by atoms with E-state index in [1.807, 2.05) is 0 Å². The summed E-state index contributed by atoms with van der Waals surface area (Å²) in [6.45, 7) is 6.81. The van der Waals surface area contributed by atoms with E-state index in [4.69, 9.17) is 0 Å². The molecule has 0 bridgehead atoms. The summed E-state index contributed by atoms with van der Waals surface area (Å²) in [5, 5.41) is 3.65. The van der Waals surface area contributed by atoms with E-state index in [9.17, 15) is 0 Å². The van der Waals surface area contributed by atoms with Crippen molar-refractivity contribution in [3.8, 4) is 0 Å². The van der Waals surface area contributed by atoms with Crippen LogP contribution in [-0.4, -0.2) is 25.2 Å². The van der Waals surface area contributed by atoms with Crippen molar-refractivity contribution < 1.29 is 0 Å². The minimum atomic E-state index is 0.578. The Labute approximate surface area is 133 Å². The fourth-order valence-corrected chi connectivity index (χ4v) is 3.59. The second kappa shape index (κ2) is 7.09. The van der Waals surface area contributed by atoms with Crippen LogP contribution in [0.3, 0.4) is 0 Å². The zero-order valence-electron chi connectivity index (χ0n) is 11.6. The lowest BCUT2D eigenvalue weighted by atomic mass is 9.97. The van der Waals surface area contributed by atoms with Gasteiger partial charge >= 0.3 is 0 Å². The summed E-state index contributed by atoms with van der Waals surface area (Å²) in [6, 6.07) is 7.66. The normalized spacial score (nSPS) is 23.7. The molecule has 106 valence electrons. The molecule has 1 fully saturated rings. The van der Waals surface area contributed by atoms with E-state index in [2.05, 4.69) is 74.1 Å². The van der Waals surface area contributed by atoms with Gasteiger partial charge in [0, 0.05) is 27.6 Å². The zero-order valence-corrected chi connectivity index (χ0v) is 14.8. The molecule has 1 aliphatic rings. The van der Waals surface area contributed by atoms with Crippen molar-refractivity contribution in [2.75, 3.05) is 18.0 Å². The van der Waals surface area contributed by atoms with Gasteiger partial charge in [-0.25, -0.2) is 0 Å². The van der Waals surface area contributed by atoms with Crippen molar-refractivity contribution >= 4 is 37.5 Å². The maximum atomic E-state index is 3.67. The van der Waals surface area contributed by atoms with Crippen molar-refractivity contribution in [3.05, 3.63) is 27.1 Å². The Balaban J connectivity index is 2.05. The Bertz CT molecular complexity index is 423. The molecule has 0 aromatic heterocycles. The smallest absolute Gasteiger partial charge is 0.0524 e. The Kier molecular flexibility index (Phi) is 5.72. The molecule has 1 aliphatic heterocycles. The van der Waals surface area contributed by atoms with E-state index in [0.717, 1.165) is 17.6 Å². The van der Waals surface area contributed by atoms with Crippen molar-refractivity contribution in [1.82, 2.24) is 5.32 Å². The molecule has 2 nitrogen and oxygen atoms in total. The van der Waals surface area contributed by atoms with Crippen LogP contribution in [0.4, 0.5) is 5.69 Å². The molecule has 19 heavy (non-hydrogen) atoms. The monoisotopic (exact) mass is 388 g/mol. The highest BCUT2D eigenvalue weighted by atomic mass is 79.9. The van der Waals surface area contributed by atoms with E-state index in [1.165, 1.54) is 29.4 Å². The lowest BCUT2D eigenvalue weighted by Crippen LogP contribution is -2.47. The SMILES string of the molecule is CCCNC1CCN(c2cc(Br)ccc2Br)C(C)C1. The summed E-state index contributed by atoms with van der Waals surface area (Å²) in [6.07, 6.45) is 3.66. The molecule has 0 amide bonds. The van der Waals surface area contributed by atoms with Crippen molar-refractivity contribution in [1.29, 1.82) is 0 Å². The standard InChI is InChI=1S/C15H22Br2N2/c1-3-7-18-13-6-8-19(11(2)9-13)15-10-12(16)4-5-14(15)17/h4-5,10-11,13,18H,3,6-9H2,1-2H3. The second-order valence-corrected chi connectivity index (χ2v) is 7.08. The third kappa shape index (κ3) is 3.96. The third-order valence-corrected chi connectivity index (χ3v) is 4.94. The van der Waals surface area contributed by atoms with Gasteiger partial charge in [0.25, 0.3) is 0 Å². The summed E-state index contributed by atoms with van der Waals surface area (Å²) >= 11 is 7.24. The number of nitrogens with one attached hydrogen (secondary N) is 1. The van der Waals surface area contributed by atoms with Gasteiger partial charge in [-0.3, -0.25) is 0 Å². The van der Waals surface area contributed by atoms with E-state index in [0.29, 0.717) is 12.1 Å². The summed E-state index contributed by atoms with van der Waals surface area (Å²) < 4.78 is 2.33. The number of hydrogen-bond acceptors (Lipinski definition) is 2. The highest BCUT2D eigenvalue weighted by Crippen LogP contribution is 2.33. The minimum absolute atomic E-state index is 0.578. The molecule has 1 N–H and O–H groups in total. The first-order valence-corrected chi connectivity index (χ1v) is 8.65. The van der Waals surface area contributed by atoms with Crippen LogP contribution in [-0.2, 0) is 0 Å². The maximum absolute atomic E-state index is 3.67. The van der Waals surface area contributed by atoms with Crippen LogP contribution in [0.2, 0.25) is 0 Å². The molecule has 2 atom stereocenters. The van der Waals surface area contributed by atoms with Gasteiger partial charge in [0.2, 0.25) is 0 Å². The first-order valence-electron chi connectivity index (χ1n) is 7.07. The quantitative estimate of drug-likeness (QED) is 0.811. The van der Waals surface area contributed by atoms with Crippen molar-refractivity contribution in [3.63, 3.8) is 0 Å². The fraction of sp³-hybridized carbons (Fsp3) is 0.600. The van der Waals surface area contributed by atoms with Gasteiger partial charge in [-0.05, 0) is 66.9 Å². The van der Waals surface area contributed by atoms with Crippen molar-refractivity contribution in [2.24, 2.45) is 0 Å². The number of nitrogens with zero attached hydrogens (tertiary/aromatic N) is 1. The summed E-state index contributed by atoms with van der Waals surface area (Å²) in [7, 11) is 0. The first kappa shape index (κ1) is 15.3. The lowest BCUT2D eigenvalue weighted by molar-refractivity contribution is 0.368. The van der Waals surface area contributed by atoms with Crippen LogP contribution in [0.25, 0.3) is 0 Å². The Morgan fingerprint density at radius 2 is 2.16 bits per heavy atom. The average Bonchev–Trinajstić information content (AvgIpc) is 2.40. The first-order chi connectivity index (χ1) is 9.11. The van der Waals surface area contributed by atoms with Gasteiger partial charge in [-0.15, -0.1) is 0 Å². The lowest BCUT2D eigenvalue weighted by Gasteiger charge is -2.40. The molecular weight excluding hydrogens is 368 g/mol. The Morgan fingerprint density at radius 3 is 2.84 bits per heavy atom. The van der Waals surface area contributed by atoms with Crippen LogP contribution in [0, 0.1) is 0 Å². The molecule has 2 unspecified atom stereocenters. The molecule has 0 radical (unpaired) electrons. The van der Waals surface area contributed by atoms with E-state index in [1.54, 1.807) is 0 Å². The molecule has 1 saturated heterocycles. The van der Waals surface area contributed by atoms with Gasteiger partial charge in [0.15, 0.2) is 0 Å². The Hall–Kier alpha value is -0.0600.